The predicted octanol–water partition coefficient (Wildman–Crippen LogP) is 1.79. The van der Waals surface area contributed by atoms with Crippen molar-refractivity contribution in [3.05, 3.63) is 0 Å². The lowest BCUT2D eigenvalue weighted by Crippen LogP contribution is -2.14. The van der Waals surface area contributed by atoms with Gasteiger partial charge in [-0.15, -0.1) is 0 Å². The molecule has 2 N–H and O–H groups in total. The summed E-state index contributed by atoms with van der Waals surface area (Å²) in [6.07, 6.45) is 3.63. The monoisotopic (exact) mass is 256 g/mol. The molecule has 0 bridgehead atoms. The first-order valence-electron chi connectivity index (χ1n) is 3.92. The number of nitrogens with zero attached hydrogens (tertiary/aromatic N) is 1. The summed E-state index contributed by atoms with van der Waals surface area (Å²) in [7, 11) is 0. The van der Waals surface area contributed by atoms with Crippen molar-refractivity contribution in [2.75, 3.05) is 19.6 Å². The van der Waals surface area contributed by atoms with Gasteiger partial charge in [-0.2, -0.15) is 0 Å². The van der Waals surface area contributed by atoms with Crippen LogP contribution in [0.5, 0.6) is 0 Å². The summed E-state index contributed by atoms with van der Waals surface area (Å²) >= 11 is 2.37. The smallest absolute Gasteiger partial charge is 0.0201 e. The Morgan fingerprint density at radius 1 is 1.30 bits per heavy atom. The van der Waals surface area contributed by atoms with E-state index in [2.05, 4.69) is 32.9 Å². The maximum atomic E-state index is 5.37. The van der Waals surface area contributed by atoms with Crippen molar-refractivity contribution in [3.63, 3.8) is 0 Å². The van der Waals surface area contributed by atoms with Crippen molar-refractivity contribution < 1.29 is 0 Å². The zero-order chi connectivity index (χ0) is 7.82. The zero-order valence-corrected chi connectivity index (χ0v) is 8.80. The Hall–Kier alpha value is 0.650. The second-order valence-electron chi connectivity index (χ2n) is 2.41. The molecular weight excluding hydrogens is 239 g/mol. The number of hydrogen-bond acceptors (Lipinski definition) is 2. The molecule has 0 rings (SSSR count). The summed E-state index contributed by atoms with van der Waals surface area (Å²) in [6, 6.07) is 0. The predicted molar refractivity (Wildman–Crippen MR) is 54.2 cm³/mol. The third-order valence-electron chi connectivity index (χ3n) is 1.32. The second kappa shape index (κ2) is 7.75. The molecule has 0 saturated heterocycles. The van der Waals surface area contributed by atoms with Gasteiger partial charge >= 0.3 is 0 Å². The van der Waals surface area contributed by atoms with Crippen LogP contribution in [0.1, 0.15) is 26.2 Å². The first-order valence-corrected chi connectivity index (χ1v) is 4.88. The molecule has 0 aliphatic heterocycles. The number of hydrogen-bond donors (Lipinski definition) is 1. The number of halogens is 1. The minimum atomic E-state index is 0.830. The molecule has 0 aliphatic carbocycles. The minimum Gasteiger partial charge on any atom is -0.330 e. The van der Waals surface area contributed by atoms with Crippen molar-refractivity contribution in [3.8, 4) is 0 Å². The third-order valence-corrected chi connectivity index (χ3v) is 2.29. The molecule has 0 aliphatic rings. The maximum Gasteiger partial charge on any atom is 0.0201 e. The molecule has 0 spiro atoms. The van der Waals surface area contributed by atoms with Gasteiger partial charge in [0.1, 0.15) is 0 Å². The lowest BCUT2D eigenvalue weighted by Gasteiger charge is -2.11. The molecule has 0 radical (unpaired) electrons. The average Bonchev–Trinajstić information content (AvgIpc) is 1.89. The van der Waals surface area contributed by atoms with E-state index in [1.54, 1.807) is 0 Å². The fourth-order valence-corrected chi connectivity index (χ4v) is 1.61. The molecule has 0 aromatic carbocycles. The molecule has 0 amide bonds. The van der Waals surface area contributed by atoms with Crippen LogP contribution in [-0.2, 0) is 0 Å². The van der Waals surface area contributed by atoms with E-state index in [4.69, 9.17) is 5.73 Å². The van der Waals surface area contributed by atoms with E-state index < -0.39 is 0 Å². The fourth-order valence-electron chi connectivity index (χ4n) is 0.782. The molecular formula is C7H17IN2. The fraction of sp³-hybridized carbons (Fsp3) is 1.00. The Labute approximate surface area is 77.6 Å². The number of unbranched alkanes of at least 4 members (excludes halogenated alkanes) is 1. The largest absolute Gasteiger partial charge is 0.330 e. The molecule has 0 unspecified atom stereocenters. The van der Waals surface area contributed by atoms with Gasteiger partial charge in [0.05, 0.1) is 0 Å². The molecule has 0 aromatic rings. The molecule has 10 heavy (non-hydrogen) atoms. The molecule has 0 heterocycles. The Morgan fingerprint density at radius 2 is 2.00 bits per heavy atom. The standard InChI is InChI=1S/C7H17IN2/c1-2-6-10(8)7-4-3-5-9/h2-7,9H2,1H3. The van der Waals surface area contributed by atoms with Gasteiger partial charge in [-0.25, -0.2) is 3.11 Å². The summed E-state index contributed by atoms with van der Waals surface area (Å²) in [5.41, 5.74) is 5.37. The highest BCUT2D eigenvalue weighted by Crippen LogP contribution is 2.02. The van der Waals surface area contributed by atoms with Gasteiger partial charge in [0.2, 0.25) is 0 Å². The van der Waals surface area contributed by atoms with E-state index in [0.29, 0.717) is 0 Å². The summed E-state index contributed by atoms with van der Waals surface area (Å²) < 4.78 is 2.33. The summed E-state index contributed by atoms with van der Waals surface area (Å²) in [5.74, 6) is 0. The second-order valence-corrected chi connectivity index (χ2v) is 3.77. The lowest BCUT2D eigenvalue weighted by atomic mass is 10.3. The molecule has 62 valence electrons. The highest BCUT2D eigenvalue weighted by Gasteiger charge is 1.95. The van der Waals surface area contributed by atoms with Gasteiger partial charge in [-0.05, 0) is 25.8 Å². The van der Waals surface area contributed by atoms with E-state index in [-0.39, 0.29) is 0 Å². The van der Waals surface area contributed by atoms with Crippen molar-refractivity contribution in [1.29, 1.82) is 0 Å². The van der Waals surface area contributed by atoms with Crippen LogP contribution < -0.4 is 5.73 Å². The van der Waals surface area contributed by atoms with Gasteiger partial charge in [0, 0.05) is 36.0 Å². The van der Waals surface area contributed by atoms with Gasteiger partial charge < -0.3 is 5.73 Å². The normalized spacial score (nSPS) is 10.8. The van der Waals surface area contributed by atoms with E-state index in [1.807, 2.05) is 0 Å². The SMILES string of the molecule is CCCN(I)CCCCN. The molecule has 0 fully saturated rings. The summed E-state index contributed by atoms with van der Waals surface area (Å²) in [6.45, 7) is 5.42. The molecule has 3 heteroatoms. The molecule has 2 nitrogen and oxygen atoms in total. The maximum absolute atomic E-state index is 5.37. The van der Waals surface area contributed by atoms with Crippen molar-refractivity contribution in [2.45, 2.75) is 26.2 Å². The first-order chi connectivity index (χ1) is 4.81. The van der Waals surface area contributed by atoms with E-state index in [9.17, 15) is 0 Å². The van der Waals surface area contributed by atoms with Gasteiger partial charge in [-0.1, -0.05) is 6.92 Å². The Balaban J connectivity index is 2.97. The van der Waals surface area contributed by atoms with Gasteiger partial charge in [0.15, 0.2) is 0 Å². The molecule has 0 atom stereocenters. The van der Waals surface area contributed by atoms with E-state index in [1.165, 1.54) is 25.9 Å². The molecule has 0 saturated carbocycles. The Morgan fingerprint density at radius 3 is 2.50 bits per heavy atom. The minimum absolute atomic E-state index is 0.830. The van der Waals surface area contributed by atoms with E-state index >= 15 is 0 Å². The number of nitrogens with two attached hydrogens (primary N) is 1. The topological polar surface area (TPSA) is 29.3 Å². The summed E-state index contributed by atoms with van der Waals surface area (Å²) in [5, 5.41) is 0. The van der Waals surface area contributed by atoms with Crippen LogP contribution in [0.2, 0.25) is 0 Å². The van der Waals surface area contributed by atoms with Crippen LogP contribution in [0.3, 0.4) is 0 Å². The Kier molecular flexibility index (Phi) is 8.26. The number of rotatable bonds is 6. The third kappa shape index (κ3) is 6.77. The van der Waals surface area contributed by atoms with Crippen molar-refractivity contribution in [1.82, 2.24) is 3.11 Å². The van der Waals surface area contributed by atoms with Crippen molar-refractivity contribution in [2.24, 2.45) is 5.73 Å². The van der Waals surface area contributed by atoms with Crippen LogP contribution in [0, 0.1) is 0 Å². The van der Waals surface area contributed by atoms with Crippen LogP contribution in [0.15, 0.2) is 0 Å². The quantitative estimate of drug-likeness (QED) is 0.446. The highest BCUT2D eigenvalue weighted by molar-refractivity contribution is 14.1. The highest BCUT2D eigenvalue weighted by atomic mass is 127. The van der Waals surface area contributed by atoms with Crippen molar-refractivity contribution >= 4 is 22.9 Å². The van der Waals surface area contributed by atoms with E-state index in [0.717, 1.165) is 13.0 Å². The lowest BCUT2D eigenvalue weighted by molar-refractivity contribution is 0.485. The molecule has 0 aromatic heterocycles. The van der Waals surface area contributed by atoms with Crippen LogP contribution in [-0.4, -0.2) is 22.7 Å². The van der Waals surface area contributed by atoms with Gasteiger partial charge in [-0.3, -0.25) is 0 Å². The van der Waals surface area contributed by atoms with Gasteiger partial charge in [0.25, 0.3) is 0 Å². The van der Waals surface area contributed by atoms with Crippen LogP contribution in [0.25, 0.3) is 0 Å². The average molecular weight is 256 g/mol. The Bertz CT molecular complexity index is 68.6. The zero-order valence-electron chi connectivity index (χ0n) is 6.65. The first kappa shape index (κ1) is 10.7. The van der Waals surface area contributed by atoms with Crippen LogP contribution in [0.4, 0.5) is 0 Å². The summed E-state index contributed by atoms with van der Waals surface area (Å²) in [4.78, 5) is 0. The van der Waals surface area contributed by atoms with Crippen LogP contribution >= 0.6 is 22.9 Å².